The molecule has 2 rings (SSSR count). The van der Waals surface area contributed by atoms with E-state index in [0.717, 1.165) is 0 Å². The third-order valence-electron chi connectivity index (χ3n) is 2.91. The number of sulfonamides is 1. The van der Waals surface area contributed by atoms with E-state index in [1.54, 1.807) is 23.7 Å². The molecule has 1 aromatic carbocycles. The van der Waals surface area contributed by atoms with Crippen LogP contribution in [0.15, 0.2) is 28.3 Å². The molecule has 1 heterocycles. The SMILES string of the molecule is CCn1nnnc1SCC(=O)Nc1ccc(C)c(S(N)(=O)=O)c1. The average Bonchev–Trinajstić information content (AvgIpc) is 2.93. The number of nitrogens with one attached hydrogen (secondary N) is 1. The molecular formula is C12H16N6O3S2. The lowest BCUT2D eigenvalue weighted by atomic mass is 10.2. The van der Waals surface area contributed by atoms with Crippen molar-refractivity contribution in [3.63, 3.8) is 0 Å². The van der Waals surface area contributed by atoms with Gasteiger partial charge in [0.25, 0.3) is 0 Å². The maximum Gasteiger partial charge on any atom is 0.238 e. The fourth-order valence-electron chi connectivity index (χ4n) is 1.81. The molecule has 0 fully saturated rings. The van der Waals surface area contributed by atoms with Crippen LogP contribution in [-0.2, 0) is 21.4 Å². The Morgan fingerprint density at radius 1 is 1.43 bits per heavy atom. The number of aromatic nitrogens is 4. The van der Waals surface area contributed by atoms with Crippen molar-refractivity contribution < 1.29 is 13.2 Å². The summed E-state index contributed by atoms with van der Waals surface area (Å²) < 4.78 is 24.5. The van der Waals surface area contributed by atoms with Crippen molar-refractivity contribution in [1.82, 2.24) is 20.2 Å². The van der Waals surface area contributed by atoms with Crippen molar-refractivity contribution in [3.8, 4) is 0 Å². The van der Waals surface area contributed by atoms with E-state index in [-0.39, 0.29) is 16.6 Å². The monoisotopic (exact) mass is 356 g/mol. The van der Waals surface area contributed by atoms with Crippen molar-refractivity contribution in [2.45, 2.75) is 30.4 Å². The zero-order chi connectivity index (χ0) is 17.0. The van der Waals surface area contributed by atoms with Gasteiger partial charge in [0.2, 0.25) is 21.1 Å². The number of anilines is 1. The van der Waals surface area contributed by atoms with Gasteiger partial charge in [0.1, 0.15) is 0 Å². The van der Waals surface area contributed by atoms with Gasteiger partial charge >= 0.3 is 0 Å². The summed E-state index contributed by atoms with van der Waals surface area (Å²) in [6.45, 7) is 4.12. The number of nitrogens with two attached hydrogens (primary N) is 1. The molecule has 0 atom stereocenters. The summed E-state index contributed by atoms with van der Waals surface area (Å²) in [6.07, 6.45) is 0. The molecule has 0 aliphatic carbocycles. The van der Waals surface area contributed by atoms with Crippen molar-refractivity contribution in [2.24, 2.45) is 5.14 Å². The number of amides is 1. The number of tetrazole rings is 1. The quantitative estimate of drug-likeness (QED) is 0.715. The van der Waals surface area contributed by atoms with Crippen LogP contribution in [-0.4, -0.2) is 40.3 Å². The van der Waals surface area contributed by atoms with Crippen LogP contribution in [0.3, 0.4) is 0 Å². The van der Waals surface area contributed by atoms with E-state index in [0.29, 0.717) is 23.0 Å². The van der Waals surface area contributed by atoms with Gasteiger partial charge in [0.05, 0.1) is 10.6 Å². The van der Waals surface area contributed by atoms with Crippen molar-refractivity contribution in [1.29, 1.82) is 0 Å². The number of carbonyl (C=O) groups excluding carboxylic acids is 1. The minimum atomic E-state index is -3.83. The number of benzene rings is 1. The second-order valence-corrected chi connectivity index (χ2v) is 7.11. The number of hydrogen-bond acceptors (Lipinski definition) is 7. The highest BCUT2D eigenvalue weighted by Crippen LogP contribution is 2.20. The number of rotatable bonds is 6. The lowest BCUT2D eigenvalue weighted by molar-refractivity contribution is -0.113. The first-order valence-electron chi connectivity index (χ1n) is 6.63. The molecule has 23 heavy (non-hydrogen) atoms. The van der Waals surface area contributed by atoms with Crippen LogP contribution in [0.2, 0.25) is 0 Å². The Balaban J connectivity index is 2.03. The molecule has 0 saturated heterocycles. The fraction of sp³-hybridized carbons (Fsp3) is 0.333. The number of aryl methyl sites for hydroxylation is 2. The van der Waals surface area contributed by atoms with E-state index < -0.39 is 10.0 Å². The molecule has 0 aliphatic rings. The summed E-state index contributed by atoms with van der Waals surface area (Å²) in [5.74, 6) is -0.205. The van der Waals surface area contributed by atoms with Crippen molar-refractivity contribution in [3.05, 3.63) is 23.8 Å². The normalized spacial score (nSPS) is 11.4. The van der Waals surface area contributed by atoms with E-state index in [1.165, 1.54) is 17.8 Å². The van der Waals surface area contributed by atoms with Crippen molar-refractivity contribution >= 4 is 33.4 Å². The highest BCUT2D eigenvalue weighted by molar-refractivity contribution is 7.99. The van der Waals surface area contributed by atoms with Crippen LogP contribution < -0.4 is 10.5 Å². The van der Waals surface area contributed by atoms with Crippen LogP contribution >= 0.6 is 11.8 Å². The smallest absolute Gasteiger partial charge is 0.238 e. The fourth-order valence-corrected chi connectivity index (χ4v) is 3.36. The van der Waals surface area contributed by atoms with Gasteiger partial charge in [0, 0.05) is 12.2 Å². The standard InChI is InChI=1S/C12H16N6O3S2/c1-3-18-12(15-16-17-18)22-7-11(19)14-9-5-4-8(2)10(6-9)23(13,20)21/h4-6H,3,7H2,1-2H3,(H,14,19)(H2,13,20,21). The van der Waals surface area contributed by atoms with E-state index in [4.69, 9.17) is 5.14 Å². The Kier molecular flexibility index (Phi) is 5.34. The number of nitrogens with zero attached hydrogens (tertiary/aromatic N) is 4. The van der Waals surface area contributed by atoms with Gasteiger partial charge in [-0.3, -0.25) is 4.79 Å². The van der Waals surface area contributed by atoms with Crippen molar-refractivity contribution in [2.75, 3.05) is 11.1 Å². The summed E-state index contributed by atoms with van der Waals surface area (Å²) in [5, 5.41) is 19.4. The molecule has 0 aliphatic heterocycles. The van der Waals surface area contributed by atoms with Gasteiger partial charge < -0.3 is 5.32 Å². The Hall–Kier alpha value is -1.98. The molecule has 3 N–H and O–H groups in total. The molecule has 0 saturated carbocycles. The molecule has 0 spiro atoms. The number of thioether (sulfide) groups is 1. The zero-order valence-corrected chi connectivity index (χ0v) is 14.2. The number of primary sulfonamides is 1. The molecule has 1 aromatic heterocycles. The lowest BCUT2D eigenvalue weighted by Crippen LogP contribution is -2.17. The zero-order valence-electron chi connectivity index (χ0n) is 12.6. The van der Waals surface area contributed by atoms with E-state index in [1.807, 2.05) is 6.92 Å². The maximum absolute atomic E-state index is 12.0. The molecular weight excluding hydrogens is 340 g/mol. The third-order valence-corrected chi connectivity index (χ3v) is 4.92. The molecule has 0 bridgehead atoms. The first kappa shape index (κ1) is 17.4. The van der Waals surface area contributed by atoms with E-state index in [9.17, 15) is 13.2 Å². The molecule has 2 aromatic rings. The first-order chi connectivity index (χ1) is 10.8. The molecule has 11 heteroatoms. The second-order valence-electron chi connectivity index (χ2n) is 4.64. The lowest BCUT2D eigenvalue weighted by Gasteiger charge is -2.08. The summed E-state index contributed by atoms with van der Waals surface area (Å²) in [6, 6.07) is 4.53. The summed E-state index contributed by atoms with van der Waals surface area (Å²) in [5.41, 5.74) is 0.877. The van der Waals surface area contributed by atoms with Crippen LogP contribution in [0.4, 0.5) is 5.69 Å². The van der Waals surface area contributed by atoms with Crippen LogP contribution in [0.5, 0.6) is 0 Å². The highest BCUT2D eigenvalue weighted by Gasteiger charge is 2.14. The minimum Gasteiger partial charge on any atom is -0.325 e. The molecule has 1 amide bonds. The van der Waals surface area contributed by atoms with Gasteiger partial charge in [-0.2, -0.15) is 0 Å². The summed E-state index contributed by atoms with van der Waals surface area (Å²) in [4.78, 5) is 11.9. The largest absolute Gasteiger partial charge is 0.325 e. The summed E-state index contributed by atoms with van der Waals surface area (Å²) >= 11 is 1.19. The van der Waals surface area contributed by atoms with Gasteiger partial charge in [-0.05, 0) is 42.0 Å². The summed E-state index contributed by atoms with van der Waals surface area (Å²) in [7, 11) is -3.83. The minimum absolute atomic E-state index is 0.0159. The second kappa shape index (κ2) is 7.06. The molecule has 124 valence electrons. The predicted octanol–water partition coefficient (Wildman–Crippen LogP) is 0.380. The van der Waals surface area contributed by atoms with Gasteiger partial charge in [-0.1, -0.05) is 17.8 Å². The third kappa shape index (κ3) is 4.50. The maximum atomic E-state index is 12.0. The number of carbonyl (C=O) groups is 1. The van der Waals surface area contributed by atoms with Gasteiger partial charge in [0.15, 0.2) is 0 Å². The molecule has 9 nitrogen and oxygen atoms in total. The van der Waals surface area contributed by atoms with Crippen LogP contribution in [0.25, 0.3) is 0 Å². The molecule has 0 radical (unpaired) electrons. The van der Waals surface area contributed by atoms with E-state index in [2.05, 4.69) is 20.8 Å². The average molecular weight is 356 g/mol. The van der Waals surface area contributed by atoms with Crippen LogP contribution in [0.1, 0.15) is 12.5 Å². The Morgan fingerprint density at radius 2 is 2.17 bits per heavy atom. The Bertz CT molecular complexity index is 818. The predicted molar refractivity (Wildman–Crippen MR) is 85.4 cm³/mol. The van der Waals surface area contributed by atoms with E-state index >= 15 is 0 Å². The highest BCUT2D eigenvalue weighted by atomic mass is 32.2. The Labute approximate surface area is 137 Å². The van der Waals surface area contributed by atoms with Crippen LogP contribution in [0, 0.1) is 6.92 Å². The Morgan fingerprint density at radius 3 is 2.83 bits per heavy atom. The van der Waals surface area contributed by atoms with Gasteiger partial charge in [-0.15, -0.1) is 5.10 Å². The topological polar surface area (TPSA) is 133 Å². The molecule has 0 unspecified atom stereocenters. The van der Waals surface area contributed by atoms with Gasteiger partial charge in [-0.25, -0.2) is 18.2 Å². The first-order valence-corrected chi connectivity index (χ1v) is 9.16. The number of hydrogen-bond donors (Lipinski definition) is 2.